The number of hydrogen-bond acceptors (Lipinski definition) is 11. The van der Waals surface area contributed by atoms with E-state index in [1.54, 1.807) is 24.1 Å². The fourth-order valence-corrected chi connectivity index (χ4v) is 7.57. The summed E-state index contributed by atoms with van der Waals surface area (Å²) >= 11 is 0. The molecule has 260 valence electrons. The van der Waals surface area contributed by atoms with Crippen LogP contribution in [0.3, 0.4) is 0 Å². The number of esters is 2. The van der Waals surface area contributed by atoms with Crippen LogP contribution in [0.5, 0.6) is 0 Å². The second-order valence-electron chi connectivity index (χ2n) is 13.9. The van der Waals surface area contributed by atoms with Crippen LogP contribution in [0.2, 0.25) is 0 Å². The molecule has 2 N–H and O–H groups in total. The van der Waals surface area contributed by atoms with Crippen LogP contribution < -0.4 is 0 Å². The molecule has 12 nitrogen and oxygen atoms in total. The summed E-state index contributed by atoms with van der Waals surface area (Å²) in [5, 5.41) is 20.8. The minimum Gasteiger partial charge on any atom is -0.456 e. The van der Waals surface area contributed by atoms with E-state index in [-0.39, 0.29) is 31.0 Å². The molecule has 0 spiro atoms. The quantitative estimate of drug-likeness (QED) is 0.228. The van der Waals surface area contributed by atoms with Crippen molar-refractivity contribution in [3.05, 3.63) is 47.6 Å². The minimum absolute atomic E-state index is 0.0107. The summed E-state index contributed by atoms with van der Waals surface area (Å²) in [4.78, 5) is 29.4. The Hall–Kier alpha value is -2.87. The maximum absolute atomic E-state index is 13.3. The fourth-order valence-electron chi connectivity index (χ4n) is 7.57. The number of carbonyl (C=O) groups is 2. The van der Waals surface area contributed by atoms with Gasteiger partial charge in [-0.25, -0.2) is 9.78 Å². The SMILES string of the molecule is CO[C@]12CC[C@](C)(O1)[C@@H](OC(=O)/C=C/c1cn(C)cn1)C[C@H]1C(C)=CC[C@H](C(C)C)[C@H]1/C=C\2CO[C@@H]1OC[C@@H](O)[C@@H](O)[C@@H]1OC(C)=O. The van der Waals surface area contributed by atoms with Crippen molar-refractivity contribution in [2.24, 2.45) is 30.7 Å². The van der Waals surface area contributed by atoms with Gasteiger partial charge in [0.2, 0.25) is 0 Å². The Morgan fingerprint density at radius 3 is 2.66 bits per heavy atom. The number of carbonyl (C=O) groups excluding carboxylic acids is 2. The Morgan fingerprint density at radius 1 is 1.23 bits per heavy atom. The molecule has 0 aromatic carbocycles. The maximum atomic E-state index is 13.3. The maximum Gasteiger partial charge on any atom is 0.331 e. The highest BCUT2D eigenvalue weighted by molar-refractivity contribution is 5.86. The molecule has 0 unspecified atom stereocenters. The molecule has 1 aliphatic carbocycles. The lowest BCUT2D eigenvalue weighted by molar-refractivity contribution is -0.278. The monoisotopic (exact) mass is 658 g/mol. The first-order chi connectivity index (χ1) is 22.2. The molecule has 1 aromatic heterocycles. The second kappa shape index (κ2) is 14.3. The lowest BCUT2D eigenvalue weighted by atomic mass is 9.65. The first-order valence-electron chi connectivity index (χ1n) is 16.5. The Labute approximate surface area is 276 Å². The van der Waals surface area contributed by atoms with Crippen molar-refractivity contribution in [3.8, 4) is 0 Å². The Morgan fingerprint density at radius 2 is 2.00 bits per heavy atom. The predicted molar refractivity (Wildman–Crippen MR) is 170 cm³/mol. The molecule has 2 fully saturated rings. The third-order valence-corrected chi connectivity index (χ3v) is 10.3. The van der Waals surface area contributed by atoms with Crippen LogP contribution in [0.25, 0.3) is 6.08 Å². The molecule has 47 heavy (non-hydrogen) atoms. The van der Waals surface area contributed by atoms with Crippen LogP contribution in [0.4, 0.5) is 0 Å². The van der Waals surface area contributed by atoms with E-state index in [9.17, 15) is 19.8 Å². The molecule has 4 heterocycles. The van der Waals surface area contributed by atoms with Gasteiger partial charge in [0.25, 0.3) is 0 Å². The number of aryl methyl sites for hydroxylation is 1. The third-order valence-electron chi connectivity index (χ3n) is 10.3. The molecule has 2 bridgehead atoms. The number of aromatic nitrogens is 2. The summed E-state index contributed by atoms with van der Waals surface area (Å²) in [6.07, 6.45) is 7.99. The number of aliphatic hydroxyl groups excluding tert-OH is 2. The second-order valence-corrected chi connectivity index (χ2v) is 13.9. The highest BCUT2D eigenvalue weighted by Gasteiger charge is 2.56. The first kappa shape index (κ1) is 35.4. The van der Waals surface area contributed by atoms with E-state index in [0.717, 1.165) is 12.0 Å². The van der Waals surface area contributed by atoms with Crippen molar-refractivity contribution in [2.75, 3.05) is 20.3 Å². The van der Waals surface area contributed by atoms with E-state index in [1.165, 1.54) is 18.6 Å². The largest absolute Gasteiger partial charge is 0.456 e. The average Bonchev–Trinajstić information content (AvgIpc) is 3.61. The molecule has 4 aliphatic rings. The van der Waals surface area contributed by atoms with E-state index in [0.29, 0.717) is 30.9 Å². The van der Waals surface area contributed by atoms with E-state index in [4.69, 9.17) is 28.4 Å². The minimum atomic E-state index is -1.38. The number of rotatable bonds is 9. The van der Waals surface area contributed by atoms with Crippen molar-refractivity contribution in [1.82, 2.24) is 9.55 Å². The Balaban J connectivity index is 1.48. The van der Waals surface area contributed by atoms with Crippen LogP contribution in [-0.4, -0.2) is 94.1 Å². The first-order valence-corrected chi connectivity index (χ1v) is 16.5. The number of imidazole rings is 1. The number of nitrogens with zero attached hydrogens (tertiary/aromatic N) is 2. The van der Waals surface area contributed by atoms with Gasteiger partial charge in [0.05, 0.1) is 25.2 Å². The van der Waals surface area contributed by atoms with Crippen molar-refractivity contribution < 1.29 is 48.2 Å². The fraction of sp³-hybridized carbons (Fsp3) is 0.686. The Kier molecular flexibility index (Phi) is 10.8. The topological polar surface area (TPSA) is 148 Å². The summed E-state index contributed by atoms with van der Waals surface area (Å²) in [6, 6.07) is 0. The zero-order valence-electron chi connectivity index (χ0n) is 28.5. The molecule has 3 aliphatic heterocycles. The summed E-state index contributed by atoms with van der Waals surface area (Å²) < 4.78 is 38.4. The van der Waals surface area contributed by atoms with Gasteiger partial charge in [0.1, 0.15) is 23.9 Å². The molecule has 2 saturated heterocycles. The number of ether oxygens (including phenoxy) is 6. The number of aliphatic hydroxyl groups is 2. The lowest BCUT2D eigenvalue weighted by Crippen LogP contribution is -2.55. The summed E-state index contributed by atoms with van der Waals surface area (Å²) in [5.41, 5.74) is 1.74. The van der Waals surface area contributed by atoms with E-state index < -0.39 is 54.0 Å². The lowest BCUT2D eigenvalue weighted by Gasteiger charge is -2.41. The van der Waals surface area contributed by atoms with Gasteiger partial charge >= 0.3 is 11.9 Å². The van der Waals surface area contributed by atoms with Crippen molar-refractivity contribution >= 4 is 18.0 Å². The highest BCUT2D eigenvalue weighted by atomic mass is 16.7. The van der Waals surface area contributed by atoms with Crippen molar-refractivity contribution in [2.45, 2.75) is 102 Å². The molecule has 5 rings (SSSR count). The average molecular weight is 659 g/mol. The number of fused-ring (bicyclic) bond motifs is 3. The van der Waals surface area contributed by atoms with Gasteiger partial charge in [-0.15, -0.1) is 0 Å². The van der Waals surface area contributed by atoms with Gasteiger partial charge in [-0.1, -0.05) is 31.6 Å². The Bertz CT molecular complexity index is 1390. The molecular formula is C35H50N2O10. The summed E-state index contributed by atoms with van der Waals surface area (Å²) in [5.74, 6) is -1.56. The normalized spacial score (nSPS) is 38.5. The van der Waals surface area contributed by atoms with Gasteiger partial charge in [0.15, 0.2) is 18.2 Å². The van der Waals surface area contributed by atoms with Crippen molar-refractivity contribution in [1.29, 1.82) is 0 Å². The molecule has 12 heteroatoms. The van der Waals surface area contributed by atoms with Gasteiger partial charge < -0.3 is 43.2 Å². The van der Waals surface area contributed by atoms with Crippen LogP contribution in [0.1, 0.15) is 66.0 Å². The highest BCUT2D eigenvalue weighted by Crippen LogP contribution is 2.52. The van der Waals surface area contributed by atoms with E-state index in [1.807, 2.05) is 20.2 Å². The van der Waals surface area contributed by atoms with Crippen LogP contribution in [0.15, 0.2) is 41.9 Å². The molecular weight excluding hydrogens is 608 g/mol. The predicted octanol–water partition coefficient (Wildman–Crippen LogP) is 3.47. The smallest absolute Gasteiger partial charge is 0.331 e. The van der Waals surface area contributed by atoms with Crippen LogP contribution in [0, 0.1) is 23.7 Å². The third kappa shape index (κ3) is 7.58. The molecule has 0 saturated carbocycles. The zero-order valence-corrected chi connectivity index (χ0v) is 28.5. The number of methoxy groups -OCH3 is 1. The van der Waals surface area contributed by atoms with E-state index in [2.05, 4.69) is 37.9 Å². The number of hydrogen-bond donors (Lipinski definition) is 2. The summed E-state index contributed by atoms with van der Waals surface area (Å²) in [6.45, 7) is 9.57. The summed E-state index contributed by atoms with van der Waals surface area (Å²) in [7, 11) is 3.46. The number of allylic oxidation sites excluding steroid dienone is 3. The van der Waals surface area contributed by atoms with E-state index >= 15 is 0 Å². The van der Waals surface area contributed by atoms with Crippen molar-refractivity contribution in [3.63, 3.8) is 0 Å². The molecule has 1 aromatic rings. The van der Waals surface area contributed by atoms with Crippen LogP contribution in [-0.2, 0) is 45.1 Å². The molecule has 0 radical (unpaired) electrons. The van der Waals surface area contributed by atoms with Crippen LogP contribution >= 0.6 is 0 Å². The van der Waals surface area contributed by atoms with Gasteiger partial charge in [0, 0.05) is 45.3 Å². The van der Waals surface area contributed by atoms with Gasteiger partial charge in [-0.2, -0.15) is 0 Å². The standard InChI is InChI=1S/C35H50N2O10/c1-20(2)25-10-8-21(3)26-15-29(46-30(40)11-9-24-16-37(6)19-36-24)34(5)12-13-35(42-7,47-34)23(14-27(25)26)17-43-33-32(45-22(4)38)31(41)28(39)18-44-33/h8-9,11,14,16,19-20,25-29,31-33,39,41H,10,12-13,15,17-18H2,1-7H3/b11-9+,23-14-/t25-,26+,27-,28-,29+,31-,32+,33-,34+,35-/m1/s1. The van der Waals surface area contributed by atoms with Gasteiger partial charge in [-0.05, 0) is 62.9 Å². The molecule has 10 atom stereocenters. The zero-order chi connectivity index (χ0) is 34.1. The molecule has 0 amide bonds. The van der Waals surface area contributed by atoms with Gasteiger partial charge in [-0.3, -0.25) is 4.79 Å².